The Morgan fingerprint density at radius 3 is 2.66 bits per heavy atom. The number of hydrogen-bond acceptors (Lipinski definition) is 6. The number of aliphatic imine (C=N–C) groups is 1. The Morgan fingerprint density at radius 1 is 1.31 bits per heavy atom. The van der Waals surface area contributed by atoms with Crippen LogP contribution in [0.1, 0.15) is 36.8 Å². The van der Waals surface area contributed by atoms with Crippen molar-refractivity contribution < 1.29 is 4.79 Å². The average molecular weight is 432 g/mol. The van der Waals surface area contributed by atoms with Crippen LogP contribution < -0.4 is 16.7 Å². The molecule has 2 unspecified atom stereocenters. The quantitative estimate of drug-likeness (QED) is 0.187. The van der Waals surface area contributed by atoms with E-state index < -0.39 is 6.03 Å². The lowest BCUT2D eigenvalue weighted by molar-refractivity contribution is 0.105. The Hall–Kier alpha value is -1.48. The number of carbonyl (C=O) groups excluding carboxylic acids is 1. The fourth-order valence-electron chi connectivity index (χ4n) is 4.97. The van der Waals surface area contributed by atoms with Gasteiger partial charge in [-0.05, 0) is 67.9 Å². The number of benzene rings is 1. The van der Waals surface area contributed by atoms with Gasteiger partial charge in [-0.15, -0.1) is 11.8 Å². The monoisotopic (exact) mass is 431 g/mol. The van der Waals surface area contributed by atoms with Gasteiger partial charge in [-0.3, -0.25) is 10.0 Å². The minimum Gasteiger partial charge on any atom is -0.265 e. The van der Waals surface area contributed by atoms with Crippen LogP contribution in [0.4, 0.5) is 10.5 Å². The summed E-state index contributed by atoms with van der Waals surface area (Å²) < 4.78 is 1.11. The second-order valence-electron chi connectivity index (χ2n) is 8.38. The Morgan fingerprint density at radius 2 is 2.03 bits per heavy atom. The fourth-order valence-corrected chi connectivity index (χ4v) is 6.81. The number of nitrogens with zero attached hydrogens (tertiary/aromatic N) is 3. The number of fused-ring (bicyclic) bond motifs is 1. The van der Waals surface area contributed by atoms with E-state index in [1.807, 2.05) is 25.1 Å². The molecule has 0 spiro atoms. The van der Waals surface area contributed by atoms with Crippen LogP contribution in [0, 0.1) is 18.8 Å². The van der Waals surface area contributed by atoms with E-state index in [4.69, 9.17) is 16.7 Å². The molecule has 6 nitrogen and oxygen atoms in total. The lowest BCUT2D eigenvalue weighted by Crippen LogP contribution is -2.50. The fraction of sp³-hybridized carbons (Fsp3) is 0.524. The number of urea groups is 1. The summed E-state index contributed by atoms with van der Waals surface area (Å²) in [6.07, 6.45) is 9.43. The molecule has 1 aromatic rings. The van der Waals surface area contributed by atoms with E-state index >= 15 is 0 Å². The highest BCUT2D eigenvalue weighted by Crippen LogP contribution is 2.60. The van der Waals surface area contributed by atoms with Crippen LogP contribution in [0.15, 0.2) is 34.8 Å². The van der Waals surface area contributed by atoms with E-state index in [2.05, 4.69) is 12.3 Å². The molecule has 5 aliphatic carbocycles. The summed E-state index contributed by atoms with van der Waals surface area (Å²) in [4.78, 5) is 17.5. The van der Waals surface area contributed by atoms with E-state index in [9.17, 15) is 4.79 Å². The van der Waals surface area contributed by atoms with E-state index in [-0.39, 0.29) is 5.54 Å². The van der Waals surface area contributed by atoms with Gasteiger partial charge in [0, 0.05) is 12.8 Å². The Labute approximate surface area is 181 Å². The van der Waals surface area contributed by atoms with E-state index in [1.54, 1.807) is 29.1 Å². The molecule has 6 rings (SSSR count). The van der Waals surface area contributed by atoms with Gasteiger partial charge in [-0.1, -0.05) is 35.5 Å². The zero-order valence-corrected chi connectivity index (χ0v) is 18.9. The zero-order chi connectivity index (χ0) is 20.8. The number of anilines is 1. The Kier molecular flexibility index (Phi) is 5.72. The van der Waals surface area contributed by atoms with Gasteiger partial charge in [-0.25, -0.2) is 21.5 Å². The number of rotatable bonds is 4. The van der Waals surface area contributed by atoms with Gasteiger partial charge in [-0.2, -0.15) is 0 Å². The van der Waals surface area contributed by atoms with Crippen molar-refractivity contribution in [3.63, 3.8) is 0 Å². The number of amides is 2. The predicted octanol–water partition coefficient (Wildman–Crippen LogP) is 4.05. The minimum absolute atomic E-state index is 0.105. The van der Waals surface area contributed by atoms with Crippen LogP contribution >= 0.6 is 23.5 Å². The normalized spacial score (nSPS) is 27.3. The SMILES string of the molecule is CSC(=NC12CC=C3C(CC3C1)C2)SCc1c(C)cccc1N(N)C(=O)N(C)N. The minimum atomic E-state index is -0.453. The van der Waals surface area contributed by atoms with Crippen LogP contribution in [0.5, 0.6) is 0 Å². The van der Waals surface area contributed by atoms with Gasteiger partial charge in [0.15, 0.2) is 0 Å². The van der Waals surface area contributed by atoms with Gasteiger partial charge in [0.05, 0.1) is 11.2 Å². The summed E-state index contributed by atoms with van der Waals surface area (Å²) in [6.45, 7) is 2.04. The number of thioether (sulfide) groups is 2. The highest BCUT2D eigenvalue weighted by Gasteiger charge is 2.53. The van der Waals surface area contributed by atoms with E-state index in [1.165, 1.54) is 26.3 Å². The molecule has 3 saturated carbocycles. The first-order chi connectivity index (χ1) is 13.8. The molecule has 156 valence electrons. The smallest absolute Gasteiger partial charge is 0.265 e. The first-order valence-corrected chi connectivity index (χ1v) is 12.2. The van der Waals surface area contributed by atoms with Gasteiger partial charge < -0.3 is 0 Å². The zero-order valence-electron chi connectivity index (χ0n) is 17.2. The van der Waals surface area contributed by atoms with Crippen LogP contribution in [0.3, 0.4) is 0 Å². The maximum absolute atomic E-state index is 12.2. The lowest BCUT2D eigenvalue weighted by Gasteiger charge is -2.56. The molecule has 4 N–H and O–H groups in total. The van der Waals surface area contributed by atoms with Gasteiger partial charge in [0.2, 0.25) is 0 Å². The summed E-state index contributed by atoms with van der Waals surface area (Å²) in [6, 6.07) is 5.36. The summed E-state index contributed by atoms with van der Waals surface area (Å²) in [5.74, 6) is 13.9. The molecule has 29 heavy (non-hydrogen) atoms. The van der Waals surface area contributed by atoms with E-state index in [0.717, 1.165) is 43.8 Å². The van der Waals surface area contributed by atoms with Crippen molar-refractivity contribution in [2.24, 2.45) is 28.5 Å². The predicted molar refractivity (Wildman–Crippen MR) is 124 cm³/mol. The Bertz CT molecular complexity index is 868. The van der Waals surface area contributed by atoms with E-state index in [0.29, 0.717) is 11.4 Å². The number of allylic oxidation sites excluding steroid dienone is 1. The first-order valence-electron chi connectivity index (χ1n) is 9.96. The Balaban J connectivity index is 1.52. The second-order valence-corrected chi connectivity index (χ2v) is 10.4. The van der Waals surface area contributed by atoms with Crippen molar-refractivity contribution >= 4 is 39.6 Å². The highest BCUT2D eigenvalue weighted by molar-refractivity contribution is 8.38. The molecule has 0 saturated heterocycles. The van der Waals surface area contributed by atoms with Crippen molar-refractivity contribution in [2.75, 3.05) is 18.3 Å². The van der Waals surface area contributed by atoms with Crippen molar-refractivity contribution in [1.82, 2.24) is 5.01 Å². The average Bonchev–Trinajstić information content (AvgIpc) is 2.70. The number of hydrazine groups is 2. The molecule has 3 fully saturated rings. The molecule has 0 aliphatic heterocycles. The number of hydrogen-bond donors (Lipinski definition) is 2. The molecule has 0 radical (unpaired) electrons. The van der Waals surface area contributed by atoms with Crippen molar-refractivity contribution in [3.05, 3.63) is 41.0 Å². The van der Waals surface area contributed by atoms with Crippen LogP contribution in [0.2, 0.25) is 0 Å². The molecule has 0 heterocycles. The van der Waals surface area contributed by atoms with Crippen molar-refractivity contribution in [1.29, 1.82) is 0 Å². The maximum Gasteiger partial charge on any atom is 0.352 e. The third kappa shape index (κ3) is 3.83. The molecule has 8 heteroatoms. The molecule has 0 aromatic heterocycles. The maximum atomic E-state index is 12.2. The van der Waals surface area contributed by atoms with Gasteiger partial charge in [0.1, 0.15) is 4.38 Å². The molecular weight excluding hydrogens is 402 g/mol. The molecule has 5 aliphatic rings. The molecule has 2 amide bonds. The van der Waals surface area contributed by atoms with Crippen LogP contribution in [-0.4, -0.2) is 34.3 Å². The second kappa shape index (κ2) is 7.98. The number of carbonyl (C=O) groups is 1. The third-order valence-electron chi connectivity index (χ3n) is 6.48. The number of nitrogens with two attached hydrogens (primary N) is 2. The molecule has 2 atom stereocenters. The van der Waals surface area contributed by atoms with Gasteiger partial charge >= 0.3 is 6.03 Å². The summed E-state index contributed by atoms with van der Waals surface area (Å²) in [5, 5.41) is 2.12. The van der Waals surface area contributed by atoms with Gasteiger partial charge in [0.25, 0.3) is 0 Å². The first kappa shape index (κ1) is 20.8. The van der Waals surface area contributed by atoms with Crippen molar-refractivity contribution in [3.8, 4) is 0 Å². The molecular formula is C21H29N5OS2. The highest BCUT2D eigenvalue weighted by atomic mass is 32.2. The summed E-state index contributed by atoms with van der Waals surface area (Å²) in [7, 11) is 1.49. The lowest BCUT2D eigenvalue weighted by atomic mass is 9.51. The summed E-state index contributed by atoms with van der Waals surface area (Å²) >= 11 is 3.45. The standard InChI is InChI=1S/C21H29N5OS2/c1-13-5-4-6-18(26(23)20(27)25(2)22)17(13)12-29-19(28-3)24-21-8-7-16-14(10-21)9-15(16)11-21/h4-7,14-15H,8-12,22-23H2,1-3H3. The topological polar surface area (TPSA) is 88.0 Å². The molecule has 4 bridgehead atoms. The summed E-state index contributed by atoms with van der Waals surface area (Å²) in [5.41, 5.74) is 4.63. The van der Waals surface area contributed by atoms with Crippen LogP contribution in [0.25, 0.3) is 0 Å². The van der Waals surface area contributed by atoms with Crippen molar-refractivity contribution in [2.45, 2.75) is 43.9 Å². The van der Waals surface area contributed by atoms with Crippen LogP contribution in [-0.2, 0) is 5.75 Å². The number of aryl methyl sites for hydroxylation is 1. The molecule has 1 aromatic carbocycles. The third-order valence-corrected chi connectivity index (χ3v) is 8.54. The largest absolute Gasteiger partial charge is 0.352 e.